The third-order valence-corrected chi connectivity index (χ3v) is 8.04. The molecule has 0 unspecified atom stereocenters. The second-order valence-corrected chi connectivity index (χ2v) is 10.5. The maximum atomic E-state index is 12.4. The van der Waals surface area contributed by atoms with Gasteiger partial charge in [-0.3, -0.25) is 14.5 Å². The molecule has 0 bridgehead atoms. The third-order valence-electron chi connectivity index (χ3n) is 5.07. The van der Waals surface area contributed by atoms with Crippen LogP contribution in [-0.2, 0) is 32.3 Å². The first kappa shape index (κ1) is 20.8. The minimum atomic E-state index is -3.05. The molecular weight excluding hydrogens is 400 g/mol. The van der Waals surface area contributed by atoms with Crippen molar-refractivity contribution in [3.05, 3.63) is 16.0 Å². The molecule has 28 heavy (non-hydrogen) atoms. The quantitative estimate of drug-likeness (QED) is 0.664. The number of hydrogen-bond acceptors (Lipinski definition) is 7. The van der Waals surface area contributed by atoms with E-state index < -0.39 is 9.84 Å². The fourth-order valence-corrected chi connectivity index (χ4v) is 6.57. The van der Waals surface area contributed by atoms with Gasteiger partial charge in [-0.1, -0.05) is 6.92 Å². The first-order valence-electron chi connectivity index (χ1n) is 9.38. The predicted octanol–water partition coefficient (Wildman–Crippen LogP) is 0.672. The topological polar surface area (TPSA) is 119 Å². The van der Waals surface area contributed by atoms with Crippen molar-refractivity contribution in [2.75, 3.05) is 36.5 Å². The molecule has 0 radical (unpaired) electrons. The Kier molecular flexibility index (Phi) is 6.37. The number of aryl methyl sites for hydroxylation is 1. The van der Waals surface area contributed by atoms with E-state index in [0.29, 0.717) is 23.5 Å². The van der Waals surface area contributed by atoms with Crippen LogP contribution in [0.5, 0.6) is 0 Å². The lowest BCUT2D eigenvalue weighted by molar-refractivity contribution is -0.123. The lowest BCUT2D eigenvalue weighted by atomic mass is 10.1. The van der Waals surface area contributed by atoms with Gasteiger partial charge in [0.25, 0.3) is 0 Å². The van der Waals surface area contributed by atoms with Crippen molar-refractivity contribution in [3.8, 4) is 6.07 Å². The number of sulfone groups is 1. The molecule has 1 atom stereocenters. The summed E-state index contributed by atoms with van der Waals surface area (Å²) < 4.78 is 23.0. The summed E-state index contributed by atoms with van der Waals surface area (Å²) in [6, 6.07) is 1.85. The zero-order valence-corrected chi connectivity index (χ0v) is 17.4. The number of nitrogens with one attached hydrogen (secondary N) is 2. The largest absolute Gasteiger partial charge is 0.351 e. The zero-order chi connectivity index (χ0) is 20.3. The number of fused-ring (bicyclic) bond motifs is 1. The number of carbonyl (C=O) groups excluding carboxylic acids is 2. The summed E-state index contributed by atoms with van der Waals surface area (Å²) in [5.41, 5.74) is 1.62. The van der Waals surface area contributed by atoms with Gasteiger partial charge in [0, 0.05) is 10.9 Å². The summed E-state index contributed by atoms with van der Waals surface area (Å²) in [4.78, 5) is 27.5. The summed E-state index contributed by atoms with van der Waals surface area (Å²) in [7, 11) is -3.05. The van der Waals surface area contributed by atoms with Gasteiger partial charge >= 0.3 is 0 Å². The average Bonchev–Trinajstić information content (AvgIpc) is 3.28. The van der Waals surface area contributed by atoms with Gasteiger partial charge in [-0.05, 0) is 37.8 Å². The Morgan fingerprint density at radius 2 is 2.04 bits per heavy atom. The highest BCUT2D eigenvalue weighted by Crippen LogP contribution is 2.38. The standard InChI is InChI=1S/C18H24N4O4S2/c1-2-22(9-16(23)20-12-6-7-28(25,26)11-12)10-17(24)21-18-14(8-19)13-4-3-5-15(13)27-18/h12H,2-7,9-11H2,1H3,(H,20,23)(H,21,24)/t12-/m1/s1. The molecule has 3 rings (SSSR count). The van der Waals surface area contributed by atoms with E-state index in [4.69, 9.17) is 0 Å². The van der Waals surface area contributed by atoms with Crippen LogP contribution >= 0.6 is 11.3 Å². The van der Waals surface area contributed by atoms with Crippen LogP contribution in [0.4, 0.5) is 5.00 Å². The molecule has 10 heteroatoms. The Morgan fingerprint density at radius 1 is 1.29 bits per heavy atom. The maximum Gasteiger partial charge on any atom is 0.239 e. The van der Waals surface area contributed by atoms with Crippen LogP contribution in [-0.4, -0.2) is 62.3 Å². The van der Waals surface area contributed by atoms with E-state index in [2.05, 4.69) is 16.7 Å². The van der Waals surface area contributed by atoms with Crippen LogP contribution in [0.2, 0.25) is 0 Å². The molecule has 2 heterocycles. The Labute approximate surface area is 168 Å². The van der Waals surface area contributed by atoms with Gasteiger partial charge in [-0.25, -0.2) is 8.42 Å². The first-order valence-corrected chi connectivity index (χ1v) is 12.0. The van der Waals surface area contributed by atoms with Crippen molar-refractivity contribution in [1.82, 2.24) is 10.2 Å². The summed E-state index contributed by atoms with van der Waals surface area (Å²) in [5, 5.41) is 15.5. The molecule has 152 valence electrons. The maximum absolute atomic E-state index is 12.4. The van der Waals surface area contributed by atoms with E-state index in [1.807, 2.05) is 6.92 Å². The van der Waals surface area contributed by atoms with Crippen LogP contribution in [0.15, 0.2) is 0 Å². The molecule has 1 aromatic heterocycles. The third kappa shape index (κ3) is 4.90. The fourth-order valence-electron chi connectivity index (χ4n) is 3.64. The van der Waals surface area contributed by atoms with Crippen LogP contribution in [0.3, 0.4) is 0 Å². The lowest BCUT2D eigenvalue weighted by Gasteiger charge is -2.20. The number of nitriles is 1. The summed E-state index contributed by atoms with van der Waals surface area (Å²) in [6.45, 7) is 2.39. The second kappa shape index (κ2) is 8.59. The molecule has 1 aliphatic carbocycles. The molecule has 1 aliphatic heterocycles. The van der Waals surface area contributed by atoms with Crippen molar-refractivity contribution in [2.24, 2.45) is 0 Å². The molecule has 1 saturated heterocycles. The van der Waals surface area contributed by atoms with Crippen molar-refractivity contribution >= 4 is 38.0 Å². The molecule has 0 spiro atoms. The number of carbonyl (C=O) groups is 2. The van der Waals surface area contributed by atoms with Gasteiger partial charge in [-0.15, -0.1) is 11.3 Å². The monoisotopic (exact) mass is 424 g/mol. The number of anilines is 1. The summed E-state index contributed by atoms with van der Waals surface area (Å²) in [6.07, 6.45) is 3.30. The first-order chi connectivity index (χ1) is 13.3. The Morgan fingerprint density at radius 3 is 2.68 bits per heavy atom. The highest BCUT2D eigenvalue weighted by atomic mass is 32.2. The number of hydrogen-bond donors (Lipinski definition) is 2. The Balaban J connectivity index is 1.52. The number of rotatable bonds is 7. The van der Waals surface area contributed by atoms with Crippen LogP contribution in [0, 0.1) is 11.3 Å². The molecule has 2 amide bonds. The number of amides is 2. The Hall–Kier alpha value is -1.96. The molecule has 1 aromatic rings. The minimum absolute atomic E-state index is 0.0204. The number of thiophene rings is 1. The summed E-state index contributed by atoms with van der Waals surface area (Å²) >= 11 is 1.46. The molecular formula is C18H24N4O4S2. The molecule has 0 aromatic carbocycles. The van der Waals surface area contributed by atoms with Crippen molar-refractivity contribution < 1.29 is 18.0 Å². The highest BCUT2D eigenvalue weighted by Gasteiger charge is 2.29. The van der Waals surface area contributed by atoms with Gasteiger partial charge in [0.2, 0.25) is 11.8 Å². The van der Waals surface area contributed by atoms with Gasteiger partial charge < -0.3 is 10.6 Å². The van der Waals surface area contributed by atoms with E-state index in [1.54, 1.807) is 4.90 Å². The van der Waals surface area contributed by atoms with E-state index >= 15 is 0 Å². The fraction of sp³-hybridized carbons (Fsp3) is 0.611. The molecule has 0 saturated carbocycles. The highest BCUT2D eigenvalue weighted by molar-refractivity contribution is 7.91. The molecule has 8 nitrogen and oxygen atoms in total. The smallest absolute Gasteiger partial charge is 0.239 e. The van der Waals surface area contributed by atoms with Gasteiger partial charge in [0.15, 0.2) is 9.84 Å². The van der Waals surface area contributed by atoms with E-state index in [1.165, 1.54) is 16.2 Å². The van der Waals surface area contributed by atoms with E-state index in [-0.39, 0.29) is 42.5 Å². The van der Waals surface area contributed by atoms with Crippen molar-refractivity contribution in [1.29, 1.82) is 5.26 Å². The van der Waals surface area contributed by atoms with Crippen LogP contribution in [0.1, 0.15) is 35.8 Å². The number of nitrogens with zero attached hydrogens (tertiary/aromatic N) is 2. The average molecular weight is 425 g/mol. The van der Waals surface area contributed by atoms with Crippen molar-refractivity contribution in [2.45, 2.75) is 38.6 Å². The Bertz CT molecular complexity index is 917. The van der Waals surface area contributed by atoms with Gasteiger partial charge in [0.05, 0.1) is 30.2 Å². The second-order valence-electron chi connectivity index (χ2n) is 7.19. The normalized spacial score (nSPS) is 20.0. The van der Waals surface area contributed by atoms with Crippen LogP contribution < -0.4 is 10.6 Å². The minimum Gasteiger partial charge on any atom is -0.351 e. The van der Waals surface area contributed by atoms with Gasteiger partial charge in [-0.2, -0.15) is 5.26 Å². The van der Waals surface area contributed by atoms with Gasteiger partial charge in [0.1, 0.15) is 11.1 Å². The zero-order valence-electron chi connectivity index (χ0n) is 15.8. The van der Waals surface area contributed by atoms with E-state index in [9.17, 15) is 23.3 Å². The van der Waals surface area contributed by atoms with Crippen LogP contribution in [0.25, 0.3) is 0 Å². The summed E-state index contributed by atoms with van der Waals surface area (Å²) in [5.74, 6) is -0.478. The number of likely N-dealkylation sites (N-methyl/N-ethyl adjacent to an activating group) is 1. The molecule has 1 fully saturated rings. The van der Waals surface area contributed by atoms with Crippen molar-refractivity contribution in [3.63, 3.8) is 0 Å². The lowest BCUT2D eigenvalue weighted by Crippen LogP contribution is -2.44. The SMILES string of the molecule is CCN(CC(=O)Nc1sc2c(c1C#N)CCC2)CC(=O)N[C@@H]1CCS(=O)(=O)C1. The molecule has 2 N–H and O–H groups in total. The predicted molar refractivity (Wildman–Crippen MR) is 107 cm³/mol. The molecule has 2 aliphatic rings. The van der Waals surface area contributed by atoms with E-state index in [0.717, 1.165) is 24.8 Å².